The molecular formula is C17H22N6O2. The number of hydrogen-bond acceptors (Lipinski definition) is 6. The van der Waals surface area contributed by atoms with Gasteiger partial charge in [-0.25, -0.2) is 9.67 Å². The predicted molar refractivity (Wildman–Crippen MR) is 91.0 cm³/mol. The van der Waals surface area contributed by atoms with Gasteiger partial charge in [-0.3, -0.25) is 10.1 Å². The van der Waals surface area contributed by atoms with Crippen LogP contribution in [0.4, 0.5) is 5.88 Å². The molecule has 1 aliphatic heterocycles. The number of aryl methyl sites for hydroxylation is 3. The molecule has 8 nitrogen and oxygen atoms in total. The normalized spacial score (nSPS) is 16.3. The van der Waals surface area contributed by atoms with Crippen LogP contribution in [0.3, 0.4) is 0 Å². The van der Waals surface area contributed by atoms with E-state index in [4.69, 9.17) is 4.42 Å². The topological polar surface area (TPSA) is 109 Å². The molecule has 0 saturated heterocycles. The summed E-state index contributed by atoms with van der Waals surface area (Å²) in [6.45, 7) is 6.46. The largest absolute Gasteiger partial charge is 0.444 e. The first-order valence-corrected chi connectivity index (χ1v) is 8.47. The molecule has 2 aromatic rings. The maximum Gasteiger partial charge on any atom is 0.240 e. The number of amides is 1. The number of furan rings is 1. The van der Waals surface area contributed by atoms with E-state index in [0.29, 0.717) is 17.9 Å². The zero-order valence-corrected chi connectivity index (χ0v) is 14.7. The van der Waals surface area contributed by atoms with Gasteiger partial charge in [0.05, 0.1) is 13.1 Å². The molecule has 1 aliphatic rings. The molecule has 1 unspecified atom stereocenters. The standard InChI is InChI=1S/C17H22N6O2/c1-4-14-20-15-6-5-12(9-23(15)22-14)19-8-16(24)21-17-13(7-18)10(2)11(3)25-17/h12,19H,4-6,8-9H2,1-3H3,(H,21,24). The van der Waals surface area contributed by atoms with E-state index in [2.05, 4.69) is 26.8 Å². The first kappa shape index (κ1) is 17.2. The van der Waals surface area contributed by atoms with Crippen LogP contribution in [0.1, 0.15) is 41.9 Å². The second kappa shape index (κ2) is 7.07. The molecule has 0 aliphatic carbocycles. The van der Waals surface area contributed by atoms with Crippen molar-refractivity contribution in [3.63, 3.8) is 0 Å². The highest BCUT2D eigenvalue weighted by atomic mass is 16.4. The van der Waals surface area contributed by atoms with Crippen LogP contribution in [0.5, 0.6) is 0 Å². The number of nitrogens with one attached hydrogen (secondary N) is 2. The van der Waals surface area contributed by atoms with Crippen LogP contribution in [0.15, 0.2) is 4.42 Å². The van der Waals surface area contributed by atoms with E-state index in [1.54, 1.807) is 13.8 Å². The fourth-order valence-electron chi connectivity index (χ4n) is 2.93. The van der Waals surface area contributed by atoms with E-state index in [-0.39, 0.29) is 24.4 Å². The molecule has 0 bridgehead atoms. The Kier molecular flexibility index (Phi) is 4.86. The number of nitrogens with zero attached hydrogens (tertiary/aromatic N) is 4. The lowest BCUT2D eigenvalue weighted by molar-refractivity contribution is -0.115. The second-order valence-electron chi connectivity index (χ2n) is 6.24. The van der Waals surface area contributed by atoms with Crippen molar-refractivity contribution in [3.8, 4) is 6.07 Å². The highest BCUT2D eigenvalue weighted by molar-refractivity contribution is 5.92. The Hall–Kier alpha value is -2.66. The van der Waals surface area contributed by atoms with Crippen molar-refractivity contribution in [2.45, 2.75) is 52.6 Å². The third-order valence-corrected chi connectivity index (χ3v) is 4.52. The van der Waals surface area contributed by atoms with Crippen LogP contribution in [0, 0.1) is 25.2 Å². The van der Waals surface area contributed by atoms with E-state index in [1.165, 1.54) is 0 Å². The first-order chi connectivity index (χ1) is 12.0. The van der Waals surface area contributed by atoms with E-state index in [1.807, 2.05) is 11.6 Å². The predicted octanol–water partition coefficient (Wildman–Crippen LogP) is 1.47. The van der Waals surface area contributed by atoms with Gasteiger partial charge in [-0.05, 0) is 20.3 Å². The summed E-state index contributed by atoms with van der Waals surface area (Å²) in [5.74, 6) is 2.50. The number of anilines is 1. The molecular weight excluding hydrogens is 320 g/mol. The fourth-order valence-corrected chi connectivity index (χ4v) is 2.93. The van der Waals surface area contributed by atoms with Gasteiger partial charge in [0.1, 0.15) is 23.2 Å². The highest BCUT2D eigenvalue weighted by Gasteiger charge is 2.22. The molecule has 0 aromatic carbocycles. The summed E-state index contributed by atoms with van der Waals surface area (Å²) in [5, 5.41) is 19.6. The van der Waals surface area contributed by atoms with Crippen molar-refractivity contribution in [2.24, 2.45) is 0 Å². The highest BCUT2D eigenvalue weighted by Crippen LogP contribution is 2.25. The minimum atomic E-state index is -0.233. The van der Waals surface area contributed by atoms with Crippen molar-refractivity contribution >= 4 is 11.8 Å². The van der Waals surface area contributed by atoms with Gasteiger partial charge >= 0.3 is 0 Å². The number of rotatable bonds is 5. The average Bonchev–Trinajstić information content (AvgIpc) is 3.13. The molecule has 0 fully saturated rings. The summed E-state index contributed by atoms with van der Waals surface area (Å²) in [6, 6.07) is 2.23. The number of carbonyl (C=O) groups is 1. The van der Waals surface area contributed by atoms with Crippen LogP contribution in [-0.4, -0.2) is 33.3 Å². The van der Waals surface area contributed by atoms with Gasteiger partial charge < -0.3 is 9.73 Å². The Balaban J connectivity index is 1.55. The van der Waals surface area contributed by atoms with E-state index < -0.39 is 0 Å². The molecule has 0 spiro atoms. The van der Waals surface area contributed by atoms with Crippen LogP contribution >= 0.6 is 0 Å². The smallest absolute Gasteiger partial charge is 0.240 e. The molecule has 0 radical (unpaired) electrons. The minimum Gasteiger partial charge on any atom is -0.444 e. The van der Waals surface area contributed by atoms with Gasteiger partial charge in [-0.1, -0.05) is 6.92 Å². The van der Waals surface area contributed by atoms with Gasteiger partial charge in [-0.2, -0.15) is 10.4 Å². The van der Waals surface area contributed by atoms with Crippen molar-refractivity contribution in [1.82, 2.24) is 20.1 Å². The lowest BCUT2D eigenvalue weighted by Crippen LogP contribution is -2.41. The number of carbonyl (C=O) groups excluding carboxylic acids is 1. The maximum absolute atomic E-state index is 12.2. The van der Waals surface area contributed by atoms with Crippen molar-refractivity contribution in [3.05, 3.63) is 28.5 Å². The SMILES string of the molecule is CCc1nc2n(n1)CC(NCC(=O)Nc1oc(C)c(C)c1C#N)CC2. The number of aromatic nitrogens is 3. The third kappa shape index (κ3) is 3.56. The van der Waals surface area contributed by atoms with Gasteiger partial charge in [0, 0.05) is 24.4 Å². The molecule has 3 rings (SSSR count). The molecule has 2 N–H and O–H groups in total. The maximum atomic E-state index is 12.2. The second-order valence-corrected chi connectivity index (χ2v) is 6.24. The molecule has 8 heteroatoms. The zero-order chi connectivity index (χ0) is 18.0. The lowest BCUT2D eigenvalue weighted by Gasteiger charge is -2.23. The van der Waals surface area contributed by atoms with Crippen molar-refractivity contribution in [2.75, 3.05) is 11.9 Å². The number of fused-ring (bicyclic) bond motifs is 1. The van der Waals surface area contributed by atoms with Crippen LogP contribution in [-0.2, 0) is 24.2 Å². The Bertz CT molecular complexity index is 829. The van der Waals surface area contributed by atoms with E-state index in [0.717, 1.165) is 36.5 Å². The van der Waals surface area contributed by atoms with Crippen LogP contribution in [0.2, 0.25) is 0 Å². The van der Waals surface area contributed by atoms with E-state index in [9.17, 15) is 10.1 Å². The third-order valence-electron chi connectivity index (χ3n) is 4.52. The molecule has 132 valence electrons. The summed E-state index contributed by atoms with van der Waals surface area (Å²) in [4.78, 5) is 16.6. The summed E-state index contributed by atoms with van der Waals surface area (Å²) in [7, 11) is 0. The molecule has 1 atom stereocenters. The van der Waals surface area contributed by atoms with Crippen LogP contribution < -0.4 is 10.6 Å². The van der Waals surface area contributed by atoms with Gasteiger partial charge in [0.15, 0.2) is 5.82 Å². The van der Waals surface area contributed by atoms with E-state index >= 15 is 0 Å². The monoisotopic (exact) mass is 342 g/mol. The first-order valence-electron chi connectivity index (χ1n) is 8.47. The quantitative estimate of drug-likeness (QED) is 0.851. The Morgan fingerprint density at radius 1 is 1.48 bits per heavy atom. The fraction of sp³-hybridized carbons (Fsp3) is 0.529. The van der Waals surface area contributed by atoms with Crippen molar-refractivity contribution < 1.29 is 9.21 Å². The Labute approximate surface area is 146 Å². The number of nitriles is 1. The van der Waals surface area contributed by atoms with Gasteiger partial charge in [0.25, 0.3) is 0 Å². The summed E-state index contributed by atoms with van der Waals surface area (Å²) in [6.07, 6.45) is 2.59. The molecule has 2 aromatic heterocycles. The van der Waals surface area contributed by atoms with Gasteiger partial charge in [-0.15, -0.1) is 0 Å². The zero-order valence-electron chi connectivity index (χ0n) is 14.7. The molecule has 25 heavy (non-hydrogen) atoms. The van der Waals surface area contributed by atoms with Gasteiger partial charge in [0.2, 0.25) is 11.8 Å². The molecule has 0 saturated carbocycles. The lowest BCUT2D eigenvalue weighted by atomic mass is 10.1. The summed E-state index contributed by atoms with van der Waals surface area (Å²) in [5.41, 5.74) is 1.13. The average molecular weight is 342 g/mol. The molecule has 1 amide bonds. The number of hydrogen-bond donors (Lipinski definition) is 2. The molecule has 3 heterocycles. The Morgan fingerprint density at radius 3 is 3.00 bits per heavy atom. The summed E-state index contributed by atoms with van der Waals surface area (Å²) < 4.78 is 7.38. The minimum absolute atomic E-state index is 0.152. The summed E-state index contributed by atoms with van der Waals surface area (Å²) >= 11 is 0. The Morgan fingerprint density at radius 2 is 2.28 bits per heavy atom. The van der Waals surface area contributed by atoms with Crippen molar-refractivity contribution in [1.29, 1.82) is 5.26 Å². The van der Waals surface area contributed by atoms with Crippen LogP contribution in [0.25, 0.3) is 0 Å².